The Kier molecular flexibility index (Phi) is 4.79. The Hall–Kier alpha value is -1.95. The van der Waals surface area contributed by atoms with Gasteiger partial charge in [0.05, 0.1) is 4.92 Å². The second kappa shape index (κ2) is 6.11. The third-order valence-electron chi connectivity index (χ3n) is 2.72. The molecule has 0 fully saturated rings. The summed E-state index contributed by atoms with van der Waals surface area (Å²) in [6, 6.07) is 4.30. The number of amides is 1. The third kappa shape index (κ3) is 3.53. The van der Waals surface area contributed by atoms with Crippen molar-refractivity contribution >= 4 is 11.6 Å². The number of hydrogen-bond acceptors (Lipinski definition) is 4. The van der Waals surface area contributed by atoms with E-state index >= 15 is 0 Å². The number of rotatable bonds is 5. The van der Waals surface area contributed by atoms with Crippen LogP contribution in [0.5, 0.6) is 0 Å². The zero-order chi connectivity index (χ0) is 13.7. The van der Waals surface area contributed by atoms with E-state index in [0.29, 0.717) is 12.1 Å². The van der Waals surface area contributed by atoms with E-state index in [1.54, 1.807) is 19.1 Å². The molecule has 0 heterocycles. The molecule has 0 aliphatic heterocycles. The Morgan fingerprint density at radius 3 is 2.78 bits per heavy atom. The van der Waals surface area contributed by atoms with Gasteiger partial charge in [0.25, 0.3) is 11.6 Å². The average molecular weight is 251 g/mol. The monoisotopic (exact) mass is 251 g/mol. The van der Waals surface area contributed by atoms with Crippen LogP contribution in [0.2, 0.25) is 0 Å². The van der Waals surface area contributed by atoms with E-state index in [2.05, 4.69) is 5.32 Å². The first-order valence-electron chi connectivity index (χ1n) is 5.74. The standard InChI is InChI=1S/C12H17N3O3/c1-3-10(13)7-14-12(16)9-5-4-8(2)11(6-9)15(17)18/h4-6,10H,3,7,13H2,1-2H3,(H,14,16). The molecular formula is C12H17N3O3. The van der Waals surface area contributed by atoms with Gasteiger partial charge in [-0.3, -0.25) is 14.9 Å². The molecule has 1 aromatic carbocycles. The Labute approximate surface area is 105 Å². The average Bonchev–Trinajstić information content (AvgIpc) is 2.35. The van der Waals surface area contributed by atoms with Crippen LogP contribution in [-0.4, -0.2) is 23.4 Å². The number of aryl methyl sites for hydroxylation is 1. The molecule has 0 bridgehead atoms. The summed E-state index contributed by atoms with van der Waals surface area (Å²) in [4.78, 5) is 22.0. The zero-order valence-electron chi connectivity index (χ0n) is 10.5. The Bertz CT molecular complexity index is 460. The number of nitrogens with one attached hydrogen (secondary N) is 1. The summed E-state index contributed by atoms with van der Waals surface area (Å²) in [5.41, 5.74) is 6.43. The fourth-order valence-corrected chi connectivity index (χ4v) is 1.42. The number of nitro groups is 1. The van der Waals surface area contributed by atoms with Gasteiger partial charge in [-0.2, -0.15) is 0 Å². The highest BCUT2D eigenvalue weighted by Crippen LogP contribution is 2.19. The van der Waals surface area contributed by atoms with Crippen molar-refractivity contribution in [3.05, 3.63) is 39.4 Å². The molecule has 0 aliphatic carbocycles. The summed E-state index contributed by atoms with van der Waals surface area (Å²) in [5.74, 6) is -0.345. The predicted octanol–water partition coefficient (Wildman–Crippen LogP) is 1.37. The van der Waals surface area contributed by atoms with Crippen molar-refractivity contribution in [1.82, 2.24) is 5.32 Å². The second-order valence-electron chi connectivity index (χ2n) is 4.14. The molecule has 0 saturated heterocycles. The Morgan fingerprint density at radius 2 is 2.22 bits per heavy atom. The first-order valence-corrected chi connectivity index (χ1v) is 5.74. The molecule has 6 heteroatoms. The van der Waals surface area contributed by atoms with Crippen molar-refractivity contribution in [2.75, 3.05) is 6.54 Å². The first kappa shape index (κ1) is 14.1. The van der Waals surface area contributed by atoms with Crippen LogP contribution >= 0.6 is 0 Å². The van der Waals surface area contributed by atoms with Crippen molar-refractivity contribution in [3.63, 3.8) is 0 Å². The van der Waals surface area contributed by atoms with Gasteiger partial charge in [-0.1, -0.05) is 13.0 Å². The van der Waals surface area contributed by atoms with Gasteiger partial charge in [-0.25, -0.2) is 0 Å². The van der Waals surface area contributed by atoms with Crippen LogP contribution in [0.3, 0.4) is 0 Å². The van der Waals surface area contributed by atoms with E-state index in [1.165, 1.54) is 6.07 Å². The van der Waals surface area contributed by atoms with Crippen LogP contribution in [0, 0.1) is 17.0 Å². The van der Waals surface area contributed by atoms with E-state index in [4.69, 9.17) is 5.73 Å². The topological polar surface area (TPSA) is 98.3 Å². The maximum atomic E-state index is 11.8. The fraction of sp³-hybridized carbons (Fsp3) is 0.417. The van der Waals surface area contributed by atoms with Crippen molar-refractivity contribution in [2.45, 2.75) is 26.3 Å². The molecule has 18 heavy (non-hydrogen) atoms. The number of carbonyl (C=O) groups is 1. The predicted molar refractivity (Wildman–Crippen MR) is 68.4 cm³/mol. The van der Waals surface area contributed by atoms with Gasteiger partial charge in [-0.15, -0.1) is 0 Å². The van der Waals surface area contributed by atoms with Gasteiger partial charge < -0.3 is 11.1 Å². The lowest BCUT2D eigenvalue weighted by Gasteiger charge is -2.10. The molecule has 1 unspecified atom stereocenters. The third-order valence-corrected chi connectivity index (χ3v) is 2.72. The zero-order valence-corrected chi connectivity index (χ0v) is 10.5. The van der Waals surface area contributed by atoms with Crippen LogP contribution in [0.1, 0.15) is 29.3 Å². The lowest BCUT2D eigenvalue weighted by Crippen LogP contribution is -2.36. The normalized spacial score (nSPS) is 11.9. The van der Waals surface area contributed by atoms with Gasteiger partial charge in [0.2, 0.25) is 0 Å². The molecule has 0 aliphatic rings. The maximum Gasteiger partial charge on any atom is 0.273 e. The lowest BCUT2D eigenvalue weighted by molar-refractivity contribution is -0.385. The summed E-state index contributed by atoms with van der Waals surface area (Å²) in [6.07, 6.45) is 0.758. The van der Waals surface area contributed by atoms with Gasteiger partial charge >= 0.3 is 0 Å². The minimum atomic E-state index is -0.496. The second-order valence-corrected chi connectivity index (χ2v) is 4.14. The fourth-order valence-electron chi connectivity index (χ4n) is 1.42. The highest BCUT2D eigenvalue weighted by molar-refractivity contribution is 5.95. The number of nitrogens with zero attached hydrogens (tertiary/aromatic N) is 1. The SMILES string of the molecule is CCC(N)CNC(=O)c1ccc(C)c([N+](=O)[O-])c1. The van der Waals surface area contributed by atoms with Gasteiger partial charge in [-0.05, 0) is 19.4 Å². The number of carbonyl (C=O) groups excluding carboxylic acids is 1. The van der Waals surface area contributed by atoms with Crippen LogP contribution < -0.4 is 11.1 Å². The van der Waals surface area contributed by atoms with E-state index in [1.807, 2.05) is 6.92 Å². The highest BCUT2D eigenvalue weighted by atomic mass is 16.6. The molecule has 0 radical (unpaired) electrons. The minimum absolute atomic E-state index is 0.0533. The molecule has 98 valence electrons. The molecule has 0 aromatic heterocycles. The van der Waals surface area contributed by atoms with E-state index in [0.717, 1.165) is 6.42 Å². The highest BCUT2D eigenvalue weighted by Gasteiger charge is 2.15. The first-order chi connectivity index (χ1) is 8.45. The summed E-state index contributed by atoms with van der Waals surface area (Å²) in [7, 11) is 0. The molecule has 3 N–H and O–H groups in total. The molecule has 6 nitrogen and oxygen atoms in total. The number of nitro benzene ring substituents is 1. The minimum Gasteiger partial charge on any atom is -0.350 e. The number of hydrogen-bond donors (Lipinski definition) is 2. The van der Waals surface area contributed by atoms with Gasteiger partial charge in [0, 0.05) is 29.8 Å². The van der Waals surface area contributed by atoms with Crippen molar-refractivity contribution in [1.29, 1.82) is 0 Å². The van der Waals surface area contributed by atoms with Crippen LogP contribution in [0.25, 0.3) is 0 Å². The molecular weight excluding hydrogens is 234 g/mol. The van der Waals surface area contributed by atoms with Gasteiger partial charge in [0.15, 0.2) is 0 Å². The quantitative estimate of drug-likeness (QED) is 0.610. The van der Waals surface area contributed by atoms with Crippen molar-refractivity contribution < 1.29 is 9.72 Å². The maximum absolute atomic E-state index is 11.8. The summed E-state index contributed by atoms with van der Waals surface area (Å²) < 4.78 is 0. The lowest BCUT2D eigenvalue weighted by atomic mass is 10.1. The number of nitrogens with two attached hydrogens (primary N) is 1. The molecule has 0 saturated carbocycles. The van der Waals surface area contributed by atoms with Crippen LogP contribution in [-0.2, 0) is 0 Å². The molecule has 1 atom stereocenters. The van der Waals surface area contributed by atoms with Crippen molar-refractivity contribution in [2.24, 2.45) is 5.73 Å². The largest absolute Gasteiger partial charge is 0.350 e. The Morgan fingerprint density at radius 1 is 1.56 bits per heavy atom. The number of benzene rings is 1. The molecule has 1 rings (SSSR count). The molecule has 0 spiro atoms. The summed E-state index contributed by atoms with van der Waals surface area (Å²) in [5, 5.41) is 13.4. The van der Waals surface area contributed by atoms with Crippen LogP contribution in [0.15, 0.2) is 18.2 Å². The summed E-state index contributed by atoms with van der Waals surface area (Å²) in [6.45, 7) is 3.91. The van der Waals surface area contributed by atoms with E-state index in [9.17, 15) is 14.9 Å². The molecule has 1 amide bonds. The van der Waals surface area contributed by atoms with Gasteiger partial charge in [0.1, 0.15) is 0 Å². The summed E-state index contributed by atoms with van der Waals surface area (Å²) >= 11 is 0. The Balaban J connectivity index is 2.80. The van der Waals surface area contributed by atoms with Crippen LogP contribution in [0.4, 0.5) is 5.69 Å². The van der Waals surface area contributed by atoms with E-state index < -0.39 is 4.92 Å². The van der Waals surface area contributed by atoms with Crippen molar-refractivity contribution in [3.8, 4) is 0 Å². The smallest absolute Gasteiger partial charge is 0.273 e. The van der Waals surface area contributed by atoms with E-state index in [-0.39, 0.29) is 23.2 Å². The molecule has 1 aromatic rings.